The minimum atomic E-state index is -0.972. The maximum Gasteiger partial charge on any atom is 0.132 e. The summed E-state index contributed by atoms with van der Waals surface area (Å²) in [6.07, 6.45) is 7.64. The first-order valence-corrected chi connectivity index (χ1v) is 9.26. The molecule has 0 bridgehead atoms. The summed E-state index contributed by atoms with van der Waals surface area (Å²) in [5.74, 6) is 0.300. The van der Waals surface area contributed by atoms with Crippen LogP contribution in [0.3, 0.4) is 0 Å². The van der Waals surface area contributed by atoms with Gasteiger partial charge in [0.15, 0.2) is 0 Å². The maximum absolute atomic E-state index is 11.6. The molecule has 6 heteroatoms. The molecule has 1 aliphatic heterocycles. The number of aliphatic hydroxyl groups is 4. The van der Waals surface area contributed by atoms with E-state index in [4.69, 9.17) is 10.2 Å². The van der Waals surface area contributed by atoms with Crippen molar-refractivity contribution in [3.63, 3.8) is 0 Å². The number of rotatable bonds is 14. The van der Waals surface area contributed by atoms with E-state index in [1.165, 1.54) is 0 Å². The van der Waals surface area contributed by atoms with Gasteiger partial charge in [-0.25, -0.2) is 0 Å². The second-order valence-electron chi connectivity index (χ2n) is 6.65. The van der Waals surface area contributed by atoms with Gasteiger partial charge in [-0.05, 0) is 32.1 Å². The van der Waals surface area contributed by atoms with E-state index in [9.17, 15) is 15.0 Å². The summed E-state index contributed by atoms with van der Waals surface area (Å²) in [6.45, 7) is -0.0726. The lowest BCUT2D eigenvalue weighted by Crippen LogP contribution is -2.35. The number of carbonyl (C=O) groups excluding carboxylic acids is 1. The fraction of sp³-hybridized carbons (Fsp3) is 0.889. The van der Waals surface area contributed by atoms with Gasteiger partial charge in [0, 0.05) is 25.2 Å². The van der Waals surface area contributed by atoms with Gasteiger partial charge < -0.3 is 20.4 Å². The average molecular weight is 343 g/mol. The van der Waals surface area contributed by atoms with Crippen molar-refractivity contribution in [3.05, 3.63) is 0 Å². The summed E-state index contributed by atoms with van der Waals surface area (Å²) in [5, 5.41) is 37.2. The third-order valence-corrected chi connectivity index (χ3v) is 4.58. The van der Waals surface area contributed by atoms with Crippen molar-refractivity contribution >= 4 is 11.5 Å². The number of Topliss-reactive ketones (excluding diaryl/α,β-unsaturated/α-hetero) is 1. The number of hydrogen-bond donors (Lipinski definition) is 4. The zero-order chi connectivity index (χ0) is 17.8. The number of aliphatic imine (C=N–C) groups is 1. The second-order valence-corrected chi connectivity index (χ2v) is 6.65. The molecule has 0 aliphatic carbocycles. The minimum absolute atomic E-state index is 0.163. The Kier molecular flexibility index (Phi) is 11.1. The van der Waals surface area contributed by atoms with Gasteiger partial charge in [0.1, 0.15) is 24.0 Å². The van der Waals surface area contributed by atoms with Crippen LogP contribution >= 0.6 is 0 Å². The van der Waals surface area contributed by atoms with Gasteiger partial charge in [0.25, 0.3) is 0 Å². The van der Waals surface area contributed by atoms with Crippen LogP contribution in [0.15, 0.2) is 4.99 Å². The highest BCUT2D eigenvalue weighted by Gasteiger charge is 2.35. The Hall–Kier alpha value is -0.820. The zero-order valence-electron chi connectivity index (χ0n) is 14.6. The van der Waals surface area contributed by atoms with E-state index in [1.54, 1.807) is 0 Å². The predicted octanol–water partition coefficient (Wildman–Crippen LogP) is 1.38. The molecule has 6 nitrogen and oxygen atoms in total. The average Bonchev–Trinajstić information content (AvgIpc) is 2.85. The molecule has 0 saturated carbocycles. The first kappa shape index (κ1) is 21.2. The molecule has 0 saturated heterocycles. The third kappa shape index (κ3) is 7.83. The maximum atomic E-state index is 11.6. The largest absolute Gasteiger partial charge is 0.396 e. The van der Waals surface area contributed by atoms with Crippen LogP contribution < -0.4 is 0 Å². The third-order valence-electron chi connectivity index (χ3n) is 4.58. The molecule has 1 aliphatic rings. The van der Waals surface area contributed by atoms with Gasteiger partial charge in [-0.3, -0.25) is 9.79 Å². The van der Waals surface area contributed by atoms with Gasteiger partial charge in [-0.1, -0.05) is 25.7 Å². The number of nitrogens with zero attached hydrogens (tertiary/aromatic N) is 1. The zero-order valence-corrected chi connectivity index (χ0v) is 14.6. The Morgan fingerprint density at radius 1 is 0.875 bits per heavy atom. The Balaban J connectivity index is 1.97. The van der Waals surface area contributed by atoms with Crippen LogP contribution in [0, 0.1) is 0 Å². The monoisotopic (exact) mass is 343 g/mol. The van der Waals surface area contributed by atoms with E-state index in [1.807, 2.05) is 0 Å². The molecule has 24 heavy (non-hydrogen) atoms. The standard InChI is InChI=1S/C18H33NO5/c20-12-8-7-10-14(22)9-5-3-1-2-4-6-11-15-17(23)18(24)16(13-21)19-15/h16-18,20-21,23-24H,1-13H2. The van der Waals surface area contributed by atoms with Crippen LogP contribution in [-0.4, -0.2) is 63.4 Å². The summed E-state index contributed by atoms with van der Waals surface area (Å²) >= 11 is 0. The molecule has 0 radical (unpaired) electrons. The molecule has 3 unspecified atom stereocenters. The van der Waals surface area contributed by atoms with E-state index in [-0.39, 0.29) is 13.2 Å². The molecular weight excluding hydrogens is 310 g/mol. The summed E-state index contributed by atoms with van der Waals surface area (Å²) in [7, 11) is 0. The van der Waals surface area contributed by atoms with Crippen molar-refractivity contribution in [2.45, 2.75) is 88.9 Å². The molecule has 140 valence electrons. The highest BCUT2D eigenvalue weighted by molar-refractivity contribution is 5.91. The SMILES string of the molecule is O=C(CCCCO)CCCCCCCCC1=NC(CO)C(O)C1O. The van der Waals surface area contributed by atoms with E-state index in [0.29, 0.717) is 37.2 Å². The van der Waals surface area contributed by atoms with E-state index < -0.39 is 18.2 Å². The number of unbranched alkanes of at least 4 members (excludes halogenated alkanes) is 6. The van der Waals surface area contributed by atoms with E-state index in [2.05, 4.69) is 4.99 Å². The van der Waals surface area contributed by atoms with Crippen LogP contribution in [0.1, 0.15) is 70.6 Å². The smallest absolute Gasteiger partial charge is 0.132 e. The molecule has 0 aromatic carbocycles. The van der Waals surface area contributed by atoms with Crippen molar-refractivity contribution in [2.24, 2.45) is 4.99 Å². The highest BCUT2D eigenvalue weighted by Crippen LogP contribution is 2.19. The first-order valence-electron chi connectivity index (χ1n) is 9.26. The molecule has 0 fully saturated rings. The molecule has 0 aromatic heterocycles. The summed E-state index contributed by atoms with van der Waals surface area (Å²) in [6, 6.07) is -0.579. The normalized spacial score (nSPS) is 23.5. The quantitative estimate of drug-likeness (QED) is 0.356. The Labute approximate surface area is 144 Å². The van der Waals surface area contributed by atoms with Gasteiger partial charge in [-0.2, -0.15) is 0 Å². The van der Waals surface area contributed by atoms with Gasteiger partial charge >= 0.3 is 0 Å². The Morgan fingerprint density at radius 3 is 2.04 bits per heavy atom. The number of carbonyl (C=O) groups is 1. The summed E-state index contributed by atoms with van der Waals surface area (Å²) in [4.78, 5) is 15.7. The number of hydrogen-bond acceptors (Lipinski definition) is 6. The number of ketones is 1. The minimum Gasteiger partial charge on any atom is -0.396 e. The molecule has 0 amide bonds. The lowest BCUT2D eigenvalue weighted by molar-refractivity contribution is -0.119. The van der Waals surface area contributed by atoms with Crippen molar-refractivity contribution in [1.29, 1.82) is 0 Å². The lowest BCUT2D eigenvalue weighted by atomic mass is 10.0. The lowest BCUT2D eigenvalue weighted by Gasteiger charge is -2.13. The predicted molar refractivity (Wildman–Crippen MR) is 93.2 cm³/mol. The van der Waals surface area contributed by atoms with Crippen LogP contribution in [0.2, 0.25) is 0 Å². The van der Waals surface area contributed by atoms with Crippen molar-refractivity contribution in [3.8, 4) is 0 Å². The first-order chi connectivity index (χ1) is 11.6. The highest BCUT2D eigenvalue weighted by atomic mass is 16.3. The summed E-state index contributed by atoms with van der Waals surface area (Å²) in [5.41, 5.74) is 0.607. The molecule has 0 aromatic rings. The topological polar surface area (TPSA) is 110 Å². The second kappa shape index (κ2) is 12.5. The summed E-state index contributed by atoms with van der Waals surface area (Å²) < 4.78 is 0. The van der Waals surface area contributed by atoms with Crippen molar-refractivity contribution < 1.29 is 25.2 Å². The van der Waals surface area contributed by atoms with Crippen LogP contribution in [0.5, 0.6) is 0 Å². The van der Waals surface area contributed by atoms with Crippen LogP contribution in [0.4, 0.5) is 0 Å². The number of aliphatic hydroxyl groups excluding tert-OH is 4. The van der Waals surface area contributed by atoms with Crippen LogP contribution in [-0.2, 0) is 4.79 Å². The molecule has 1 rings (SSSR count). The van der Waals surface area contributed by atoms with Gasteiger partial charge in [0.2, 0.25) is 0 Å². The van der Waals surface area contributed by atoms with Gasteiger partial charge in [0.05, 0.1) is 6.61 Å². The van der Waals surface area contributed by atoms with Crippen molar-refractivity contribution in [1.82, 2.24) is 0 Å². The Morgan fingerprint density at radius 2 is 1.46 bits per heavy atom. The molecule has 0 spiro atoms. The van der Waals surface area contributed by atoms with E-state index >= 15 is 0 Å². The molecule has 3 atom stereocenters. The molecule has 1 heterocycles. The van der Waals surface area contributed by atoms with Crippen molar-refractivity contribution in [2.75, 3.05) is 13.2 Å². The molecule has 4 N–H and O–H groups in total. The van der Waals surface area contributed by atoms with E-state index in [0.717, 1.165) is 44.9 Å². The van der Waals surface area contributed by atoms with Crippen LogP contribution in [0.25, 0.3) is 0 Å². The molecular formula is C18H33NO5. The Bertz CT molecular complexity index is 386. The van der Waals surface area contributed by atoms with Gasteiger partial charge in [-0.15, -0.1) is 0 Å². The fourth-order valence-corrected chi connectivity index (χ4v) is 3.03. The fourth-order valence-electron chi connectivity index (χ4n) is 3.03.